The lowest BCUT2D eigenvalue weighted by molar-refractivity contribution is 2.50. The average molecular weight is 73.9 g/mol. The van der Waals surface area contributed by atoms with E-state index in [1.54, 1.807) is 0 Å². The summed E-state index contributed by atoms with van der Waals surface area (Å²) in [5, 5.41) is 0. The van der Waals surface area contributed by atoms with Crippen LogP contribution in [0.4, 0.5) is 0 Å². The Hall–Kier alpha value is 0.495. The highest BCUT2D eigenvalue weighted by molar-refractivity contribution is 7.65. The molecule has 1 atom stereocenters. The smallest absolute Gasteiger partial charge is 0.104 e. The van der Waals surface area contributed by atoms with E-state index in [2.05, 4.69) is 0 Å². The van der Waals surface area contributed by atoms with Crippen LogP contribution in [-0.4, -0.2) is 14.2 Å². The molecule has 0 heterocycles. The highest BCUT2D eigenvalue weighted by atomic mass is 31.1. The second-order valence-electron chi connectivity index (χ2n) is 0.289. The van der Waals surface area contributed by atoms with Crippen LogP contribution in [0.1, 0.15) is 7.43 Å². The number of hydrogen-bond donors (Lipinski definition) is 0. The summed E-state index contributed by atoms with van der Waals surface area (Å²) in [7, 11) is 5.46. The molecule has 0 fully saturated rings. The van der Waals surface area contributed by atoms with E-state index in [0.717, 1.165) is 0 Å². The van der Waals surface area contributed by atoms with E-state index in [9.17, 15) is 0 Å². The van der Waals surface area contributed by atoms with Crippen molar-refractivity contribution in [3.05, 3.63) is 0 Å². The highest BCUT2D eigenvalue weighted by Crippen LogP contribution is 1.81. The third-order valence-corrected chi connectivity index (χ3v) is 0. The van der Waals surface area contributed by atoms with Crippen molar-refractivity contribution >= 4 is 16.0 Å². The Bertz CT molecular complexity index is 6.00. The van der Waals surface area contributed by atoms with Gasteiger partial charge in [-0.05, 0) is 0 Å². The molecule has 0 aliphatic rings. The van der Waals surface area contributed by atoms with Crippen molar-refractivity contribution < 1.29 is 0 Å². The molecule has 24 valence electrons. The molecule has 0 aliphatic heterocycles. The molecule has 1 unspecified atom stereocenters. The molecule has 2 heteroatoms. The first-order chi connectivity index (χ1) is 1.41. The summed E-state index contributed by atoms with van der Waals surface area (Å²) in [6.07, 6.45) is 0. The molecule has 0 saturated carbocycles. The molecule has 0 aromatic rings. The Labute approximate surface area is 31.1 Å². The normalized spacial score (nSPS) is 7.25. The Kier molecular flexibility index (Phi) is 21.5. The summed E-state index contributed by atoms with van der Waals surface area (Å²) < 4.78 is 0. The maximum Gasteiger partial charge on any atom is 0.104 e. The molecule has 0 bridgehead atoms. The zero-order chi connectivity index (χ0) is 2.71. The van der Waals surface area contributed by atoms with Gasteiger partial charge in [-0.25, -0.2) is 0 Å². The van der Waals surface area contributed by atoms with E-state index in [-0.39, 0.29) is 7.43 Å². The van der Waals surface area contributed by atoms with Gasteiger partial charge in [0.15, 0.2) is 0 Å². The van der Waals surface area contributed by atoms with Crippen molar-refractivity contribution in [2.75, 3.05) is 6.66 Å². The van der Waals surface area contributed by atoms with Gasteiger partial charge in [0.2, 0.25) is 0 Å². The maximum absolute atomic E-state index is 4.88. The molecule has 2 radical (unpaired) electrons. The Morgan fingerprint density at radius 3 is 1.75 bits per heavy atom. The van der Waals surface area contributed by atoms with Gasteiger partial charge in [-0.2, -0.15) is 8.46 Å². The molecule has 0 rings (SSSR count). The van der Waals surface area contributed by atoms with Crippen LogP contribution in [0.3, 0.4) is 0 Å². The molecule has 0 nitrogen and oxygen atoms in total. The predicted molar refractivity (Wildman–Crippen MR) is 26.7 cm³/mol. The van der Waals surface area contributed by atoms with Crippen LogP contribution in [0.2, 0.25) is 0 Å². The van der Waals surface area contributed by atoms with Crippen LogP contribution in [0.15, 0.2) is 0 Å². The van der Waals surface area contributed by atoms with Gasteiger partial charge < -0.3 is 0 Å². The third-order valence-electron chi connectivity index (χ3n) is 0. The van der Waals surface area contributed by atoms with Gasteiger partial charge in [-0.1, -0.05) is 14.1 Å². The zero-order valence-corrected chi connectivity index (χ0v) is 3.08. The molecule has 0 saturated heterocycles. The van der Waals surface area contributed by atoms with Gasteiger partial charge in [0, 0.05) is 0 Å². The summed E-state index contributed by atoms with van der Waals surface area (Å²) in [5.74, 6) is 0. The lowest BCUT2D eigenvalue weighted by Gasteiger charge is -1.49. The minimum absolute atomic E-state index is 0. The molecule has 0 aromatic carbocycles. The predicted octanol–water partition coefficient (Wildman–Crippen LogP) is 1.01. The second-order valence-corrected chi connectivity index (χ2v) is 0.866. The van der Waals surface area contributed by atoms with Crippen LogP contribution in [0, 0.1) is 0 Å². The fraction of sp³-hybridized carbons (Fsp3) is 1.00. The van der Waals surface area contributed by atoms with Crippen molar-refractivity contribution in [2.24, 2.45) is 0 Å². The molecule has 0 spiro atoms. The van der Waals surface area contributed by atoms with E-state index in [4.69, 9.17) is 7.57 Å². The minimum atomic E-state index is 0. The van der Waals surface area contributed by atoms with E-state index in [1.165, 1.54) is 0 Å². The molecule has 0 amide bonds. The van der Waals surface area contributed by atoms with Crippen LogP contribution < -0.4 is 0 Å². The van der Waals surface area contributed by atoms with E-state index in [0.29, 0.717) is 8.46 Å². The van der Waals surface area contributed by atoms with Gasteiger partial charge >= 0.3 is 0 Å². The van der Waals surface area contributed by atoms with E-state index >= 15 is 0 Å². The van der Waals surface area contributed by atoms with Gasteiger partial charge in [-0.15, -0.1) is 0 Å². The van der Waals surface area contributed by atoms with Crippen LogP contribution in [-0.2, 0) is 0 Å². The monoisotopic (exact) mass is 74.0 g/mol. The first-order valence-electron chi connectivity index (χ1n) is 0.789. The SMILES string of the molecule is C.[B]PC. The molecule has 0 N–H and O–H groups in total. The molecule has 0 aromatic heterocycles. The first kappa shape index (κ1) is 8.82. The quantitative estimate of drug-likeness (QED) is 0.297. The van der Waals surface area contributed by atoms with Gasteiger partial charge in [0.05, 0.1) is 0 Å². The summed E-state index contributed by atoms with van der Waals surface area (Å²) in [4.78, 5) is 0. The summed E-state index contributed by atoms with van der Waals surface area (Å²) in [6, 6.07) is 0. The van der Waals surface area contributed by atoms with Gasteiger partial charge in [-0.3, -0.25) is 0 Å². The Morgan fingerprint density at radius 1 is 1.75 bits per heavy atom. The molecule has 4 heavy (non-hydrogen) atoms. The van der Waals surface area contributed by atoms with Crippen molar-refractivity contribution in [1.29, 1.82) is 0 Å². The summed E-state index contributed by atoms with van der Waals surface area (Å²) in [5.41, 5.74) is 0. The summed E-state index contributed by atoms with van der Waals surface area (Å²) >= 11 is 0. The lowest BCUT2D eigenvalue weighted by atomic mass is 10.8. The second kappa shape index (κ2) is 9.73. The zero-order valence-electron chi connectivity index (χ0n) is 2.08. The first-order valence-corrected chi connectivity index (χ1v) is 2.37. The maximum atomic E-state index is 4.88. The third kappa shape index (κ3) is 22.8. The van der Waals surface area contributed by atoms with Crippen LogP contribution >= 0.6 is 8.46 Å². The van der Waals surface area contributed by atoms with E-state index in [1.807, 2.05) is 6.66 Å². The number of hydrogen-bond acceptors (Lipinski definition) is 0. The van der Waals surface area contributed by atoms with E-state index < -0.39 is 0 Å². The fourth-order valence-corrected chi connectivity index (χ4v) is 0. The minimum Gasteiger partial charge on any atom is -0.175 e. The van der Waals surface area contributed by atoms with Gasteiger partial charge in [0.25, 0.3) is 0 Å². The summed E-state index contributed by atoms with van der Waals surface area (Å²) in [6.45, 7) is 1.93. The van der Waals surface area contributed by atoms with Crippen molar-refractivity contribution in [3.63, 3.8) is 0 Å². The van der Waals surface area contributed by atoms with Gasteiger partial charge in [0.1, 0.15) is 7.57 Å². The molecule has 0 aliphatic carbocycles. The standard InChI is InChI=1S/CH4BP.CH4/c1-3-2;/h3H,1H3;1H4. The number of rotatable bonds is 0. The largest absolute Gasteiger partial charge is 0.175 e. The average Bonchev–Trinajstić information content (AvgIpc) is 0.918. The van der Waals surface area contributed by atoms with Crippen molar-refractivity contribution in [1.82, 2.24) is 0 Å². The lowest BCUT2D eigenvalue weighted by Crippen LogP contribution is -1.25. The fourth-order valence-electron chi connectivity index (χ4n) is 0. The van der Waals surface area contributed by atoms with Crippen molar-refractivity contribution in [2.45, 2.75) is 7.43 Å². The molecular weight excluding hydrogens is 65.8 g/mol. The Balaban J connectivity index is 0. The van der Waals surface area contributed by atoms with Crippen LogP contribution in [0.5, 0.6) is 0 Å². The molecular formula is C2H8BP. The highest BCUT2D eigenvalue weighted by Gasteiger charge is 1.35. The van der Waals surface area contributed by atoms with Crippen LogP contribution in [0.25, 0.3) is 0 Å². The topological polar surface area (TPSA) is 0 Å². The van der Waals surface area contributed by atoms with Crippen molar-refractivity contribution in [3.8, 4) is 0 Å². The Morgan fingerprint density at radius 2 is 1.75 bits per heavy atom.